The highest BCUT2D eigenvalue weighted by atomic mass is 19.4. The van der Waals surface area contributed by atoms with Crippen molar-refractivity contribution in [1.29, 1.82) is 0 Å². The second-order valence-electron chi connectivity index (χ2n) is 9.52. The van der Waals surface area contributed by atoms with Gasteiger partial charge in [-0.2, -0.15) is 26.3 Å². The highest BCUT2D eigenvalue weighted by Gasteiger charge is 2.38. The van der Waals surface area contributed by atoms with E-state index < -0.39 is 23.5 Å². The third kappa shape index (κ3) is 6.37. The Hall–Kier alpha value is -2.55. The highest BCUT2D eigenvalue weighted by Crippen LogP contribution is 2.37. The Kier molecular flexibility index (Phi) is 7.45. The lowest BCUT2D eigenvalue weighted by molar-refractivity contribution is -0.143. The fourth-order valence-corrected chi connectivity index (χ4v) is 5.31. The van der Waals surface area contributed by atoms with Crippen LogP contribution in [-0.2, 0) is 23.7 Å². The molecule has 9 heteroatoms. The van der Waals surface area contributed by atoms with Crippen LogP contribution in [0.1, 0.15) is 60.3 Å². The van der Waals surface area contributed by atoms with E-state index in [1.165, 1.54) is 5.56 Å². The van der Waals surface area contributed by atoms with Crippen molar-refractivity contribution >= 4 is 5.91 Å². The SMILES string of the molecule is O=C(NCc1cc(C(F)(F)F)cc(C(F)(F)F)c1)[C@H]1CC[C@H](N2CCC(c3ccccc3)CC2)C1. The van der Waals surface area contributed by atoms with Crippen LogP contribution in [0.15, 0.2) is 48.5 Å². The van der Waals surface area contributed by atoms with Gasteiger partial charge in [0.2, 0.25) is 5.91 Å². The Morgan fingerprint density at radius 2 is 1.46 bits per heavy atom. The maximum atomic E-state index is 13.1. The van der Waals surface area contributed by atoms with Crippen molar-refractivity contribution in [2.24, 2.45) is 5.92 Å². The quantitative estimate of drug-likeness (QED) is 0.485. The molecule has 1 amide bonds. The molecule has 190 valence electrons. The maximum absolute atomic E-state index is 13.1. The summed E-state index contributed by atoms with van der Waals surface area (Å²) in [6.45, 7) is 1.52. The summed E-state index contributed by atoms with van der Waals surface area (Å²) in [5, 5.41) is 2.56. The first kappa shape index (κ1) is 25.5. The minimum atomic E-state index is -4.91. The number of carbonyl (C=O) groups excluding carboxylic acids is 1. The molecule has 1 saturated carbocycles. The van der Waals surface area contributed by atoms with Gasteiger partial charge in [-0.1, -0.05) is 30.3 Å². The summed E-state index contributed by atoms with van der Waals surface area (Å²) in [6.07, 6.45) is -5.55. The molecule has 1 aliphatic heterocycles. The Morgan fingerprint density at radius 1 is 0.857 bits per heavy atom. The predicted molar refractivity (Wildman–Crippen MR) is 119 cm³/mol. The zero-order valence-electron chi connectivity index (χ0n) is 19.1. The first-order chi connectivity index (χ1) is 16.5. The number of carbonyl (C=O) groups is 1. The molecule has 4 rings (SSSR count). The van der Waals surface area contributed by atoms with E-state index in [9.17, 15) is 31.1 Å². The summed E-state index contributed by atoms with van der Waals surface area (Å²) in [6, 6.07) is 12.1. The van der Waals surface area contributed by atoms with Crippen LogP contribution >= 0.6 is 0 Å². The number of halogens is 6. The number of benzene rings is 2. The predicted octanol–water partition coefficient (Wildman–Crippen LogP) is 6.39. The number of hydrogen-bond acceptors (Lipinski definition) is 2. The molecule has 1 saturated heterocycles. The van der Waals surface area contributed by atoms with E-state index in [1.807, 2.05) is 18.2 Å². The molecule has 2 atom stereocenters. The van der Waals surface area contributed by atoms with Crippen LogP contribution in [0, 0.1) is 5.92 Å². The molecule has 0 radical (unpaired) electrons. The molecule has 2 aromatic carbocycles. The Bertz CT molecular complexity index is 980. The van der Waals surface area contributed by atoms with Gasteiger partial charge < -0.3 is 10.2 Å². The lowest BCUT2D eigenvalue weighted by atomic mass is 9.89. The Balaban J connectivity index is 1.31. The zero-order valence-corrected chi connectivity index (χ0v) is 19.1. The van der Waals surface area contributed by atoms with Crippen molar-refractivity contribution in [1.82, 2.24) is 10.2 Å². The zero-order chi connectivity index (χ0) is 25.2. The number of amides is 1. The van der Waals surface area contributed by atoms with Crippen molar-refractivity contribution in [3.63, 3.8) is 0 Å². The molecular weight excluding hydrogens is 470 g/mol. The van der Waals surface area contributed by atoms with Gasteiger partial charge in [0.05, 0.1) is 11.1 Å². The van der Waals surface area contributed by atoms with Gasteiger partial charge in [0.15, 0.2) is 0 Å². The summed E-state index contributed by atoms with van der Waals surface area (Å²) in [5.41, 5.74) is -1.63. The lowest BCUT2D eigenvalue weighted by Crippen LogP contribution is -2.40. The normalized spacial score (nSPS) is 22.3. The van der Waals surface area contributed by atoms with Gasteiger partial charge in [-0.25, -0.2) is 0 Å². The van der Waals surface area contributed by atoms with Crippen LogP contribution in [0.25, 0.3) is 0 Å². The number of piperidine rings is 1. The van der Waals surface area contributed by atoms with Crippen molar-refractivity contribution in [2.75, 3.05) is 13.1 Å². The Morgan fingerprint density at radius 3 is 2.03 bits per heavy atom. The van der Waals surface area contributed by atoms with E-state index >= 15 is 0 Å². The topological polar surface area (TPSA) is 32.3 Å². The summed E-state index contributed by atoms with van der Waals surface area (Å²) in [4.78, 5) is 15.1. The lowest BCUT2D eigenvalue weighted by Gasteiger charge is -2.36. The van der Waals surface area contributed by atoms with Gasteiger partial charge >= 0.3 is 12.4 Å². The molecule has 35 heavy (non-hydrogen) atoms. The van der Waals surface area contributed by atoms with E-state index in [0.717, 1.165) is 32.4 Å². The smallest absolute Gasteiger partial charge is 0.352 e. The van der Waals surface area contributed by atoms with Gasteiger partial charge in [-0.05, 0) is 80.4 Å². The van der Waals surface area contributed by atoms with Gasteiger partial charge in [-0.15, -0.1) is 0 Å². The number of rotatable bonds is 5. The van der Waals surface area contributed by atoms with Crippen LogP contribution in [-0.4, -0.2) is 29.9 Å². The first-order valence-electron chi connectivity index (χ1n) is 11.9. The molecule has 1 N–H and O–H groups in total. The molecule has 0 aromatic heterocycles. The molecule has 2 fully saturated rings. The van der Waals surface area contributed by atoms with Crippen LogP contribution in [0.4, 0.5) is 26.3 Å². The average molecular weight is 499 g/mol. The number of alkyl halides is 6. The summed E-state index contributed by atoms with van der Waals surface area (Å²) >= 11 is 0. The molecular formula is C26H28F6N2O. The van der Waals surface area contributed by atoms with Gasteiger partial charge in [-0.3, -0.25) is 4.79 Å². The molecule has 2 aromatic rings. The van der Waals surface area contributed by atoms with Crippen molar-refractivity contribution in [3.05, 3.63) is 70.8 Å². The van der Waals surface area contributed by atoms with Crippen molar-refractivity contribution < 1.29 is 31.1 Å². The summed E-state index contributed by atoms with van der Waals surface area (Å²) in [5.74, 6) is -0.0839. The fourth-order valence-electron chi connectivity index (χ4n) is 5.31. The number of hydrogen-bond donors (Lipinski definition) is 1. The Labute approximate surface area is 200 Å². The minimum Gasteiger partial charge on any atom is -0.352 e. The third-order valence-corrected chi connectivity index (χ3v) is 7.21. The van der Waals surface area contributed by atoms with Gasteiger partial charge in [0.1, 0.15) is 0 Å². The van der Waals surface area contributed by atoms with E-state index in [1.54, 1.807) is 0 Å². The number of likely N-dealkylation sites (tertiary alicyclic amines) is 1. The van der Waals surface area contributed by atoms with Crippen LogP contribution < -0.4 is 5.32 Å². The largest absolute Gasteiger partial charge is 0.416 e. The molecule has 0 spiro atoms. The second kappa shape index (κ2) is 10.2. The summed E-state index contributed by atoms with van der Waals surface area (Å²) < 4.78 is 78.4. The molecule has 1 heterocycles. The van der Waals surface area contributed by atoms with E-state index in [-0.39, 0.29) is 36.0 Å². The van der Waals surface area contributed by atoms with Crippen LogP contribution in [0.5, 0.6) is 0 Å². The standard InChI is InChI=1S/C26H28F6N2O/c27-25(28,29)21-12-17(13-22(15-21)26(30,31)32)16-33-24(35)20-6-7-23(14-20)34-10-8-19(9-11-34)18-4-2-1-3-5-18/h1-5,12-13,15,19-20,23H,6-11,14,16H2,(H,33,35)/t20-,23-/m0/s1. The molecule has 0 bridgehead atoms. The number of nitrogens with zero attached hydrogens (tertiary/aromatic N) is 1. The van der Waals surface area contributed by atoms with Crippen LogP contribution in [0.2, 0.25) is 0 Å². The molecule has 1 aliphatic carbocycles. The first-order valence-corrected chi connectivity index (χ1v) is 11.9. The minimum absolute atomic E-state index is 0.0911. The maximum Gasteiger partial charge on any atom is 0.416 e. The van der Waals surface area contributed by atoms with Crippen LogP contribution in [0.3, 0.4) is 0 Å². The fraction of sp³-hybridized carbons (Fsp3) is 0.500. The average Bonchev–Trinajstić information content (AvgIpc) is 3.32. The molecule has 3 nitrogen and oxygen atoms in total. The van der Waals surface area contributed by atoms with Crippen molar-refractivity contribution in [3.8, 4) is 0 Å². The number of nitrogens with one attached hydrogen (secondary N) is 1. The molecule has 0 unspecified atom stereocenters. The van der Waals surface area contributed by atoms with E-state index in [0.29, 0.717) is 30.9 Å². The van der Waals surface area contributed by atoms with Crippen molar-refractivity contribution in [2.45, 2.75) is 63.0 Å². The van der Waals surface area contributed by atoms with E-state index in [2.05, 4.69) is 22.3 Å². The molecule has 2 aliphatic rings. The van der Waals surface area contributed by atoms with E-state index in [4.69, 9.17) is 0 Å². The summed E-state index contributed by atoms with van der Waals surface area (Å²) in [7, 11) is 0. The highest BCUT2D eigenvalue weighted by molar-refractivity contribution is 5.79. The van der Waals surface area contributed by atoms with Gasteiger partial charge in [0, 0.05) is 18.5 Å². The van der Waals surface area contributed by atoms with Gasteiger partial charge in [0.25, 0.3) is 0 Å². The second-order valence-corrected chi connectivity index (χ2v) is 9.52. The monoisotopic (exact) mass is 498 g/mol. The third-order valence-electron chi connectivity index (χ3n) is 7.21.